The number of cyclic esters (lactones) is 2. The number of rotatable bonds is 3. The van der Waals surface area contributed by atoms with Crippen molar-refractivity contribution in [2.75, 3.05) is 0 Å². The highest BCUT2D eigenvalue weighted by molar-refractivity contribution is 5.95. The van der Waals surface area contributed by atoms with Crippen LogP contribution in [-0.4, -0.2) is 23.2 Å². The second-order valence-electron chi connectivity index (χ2n) is 3.61. The average molecular weight is 221 g/mol. The van der Waals surface area contributed by atoms with Gasteiger partial charge in [-0.25, -0.2) is 9.59 Å². The molecule has 2 N–H and O–H groups in total. The number of nitrogens with one attached hydrogen (secondary N) is 1. The van der Waals surface area contributed by atoms with Gasteiger partial charge in [0.2, 0.25) is 0 Å². The Morgan fingerprint density at radius 2 is 1.94 bits per heavy atom. The van der Waals surface area contributed by atoms with Crippen molar-refractivity contribution in [1.29, 1.82) is 0 Å². The standard InChI is InChI=1S/C11H11NO4/c13-8-4-1-7(2-5-8)3-6-9-10(14)16-11(15)12-9/h1-2,4-5,9,13H,3,6H2,(H,12,15). The second kappa shape index (κ2) is 4.22. The van der Waals surface area contributed by atoms with Gasteiger partial charge in [-0.05, 0) is 30.5 Å². The van der Waals surface area contributed by atoms with Crippen LogP contribution in [-0.2, 0) is 16.0 Å². The molecule has 1 aromatic carbocycles. The van der Waals surface area contributed by atoms with Gasteiger partial charge in [-0.15, -0.1) is 0 Å². The van der Waals surface area contributed by atoms with E-state index in [4.69, 9.17) is 5.11 Å². The van der Waals surface area contributed by atoms with Crippen molar-refractivity contribution in [2.45, 2.75) is 18.9 Å². The highest BCUT2D eigenvalue weighted by atomic mass is 16.6. The molecule has 0 bridgehead atoms. The first-order valence-corrected chi connectivity index (χ1v) is 4.95. The zero-order valence-electron chi connectivity index (χ0n) is 8.47. The van der Waals surface area contributed by atoms with Crippen LogP contribution in [0.5, 0.6) is 5.75 Å². The molecule has 1 saturated heterocycles. The number of hydrogen-bond acceptors (Lipinski definition) is 4. The highest BCUT2D eigenvalue weighted by Gasteiger charge is 2.31. The van der Waals surface area contributed by atoms with Gasteiger partial charge in [0.15, 0.2) is 0 Å². The fraction of sp³-hybridized carbons (Fsp3) is 0.273. The van der Waals surface area contributed by atoms with Crippen LogP contribution < -0.4 is 5.32 Å². The molecule has 1 heterocycles. The Labute approximate surface area is 92.0 Å². The van der Waals surface area contributed by atoms with Crippen LogP contribution in [0.2, 0.25) is 0 Å². The molecule has 1 aliphatic rings. The van der Waals surface area contributed by atoms with E-state index in [1.807, 2.05) is 0 Å². The summed E-state index contributed by atoms with van der Waals surface area (Å²) in [5, 5.41) is 11.5. The van der Waals surface area contributed by atoms with E-state index < -0.39 is 18.1 Å². The summed E-state index contributed by atoms with van der Waals surface area (Å²) >= 11 is 0. The van der Waals surface area contributed by atoms with Gasteiger partial charge in [-0.1, -0.05) is 12.1 Å². The van der Waals surface area contributed by atoms with Crippen LogP contribution in [0.3, 0.4) is 0 Å². The average Bonchev–Trinajstić information content (AvgIpc) is 2.57. The highest BCUT2D eigenvalue weighted by Crippen LogP contribution is 2.13. The summed E-state index contributed by atoms with van der Waals surface area (Å²) in [4.78, 5) is 21.8. The second-order valence-corrected chi connectivity index (χ2v) is 3.61. The number of carbonyl (C=O) groups excluding carboxylic acids is 2. The van der Waals surface area contributed by atoms with E-state index in [9.17, 15) is 9.59 Å². The molecular weight excluding hydrogens is 210 g/mol. The number of ether oxygens (including phenoxy) is 1. The maximum Gasteiger partial charge on any atom is 0.415 e. The molecule has 0 aromatic heterocycles. The third-order valence-corrected chi connectivity index (χ3v) is 2.43. The number of aromatic hydroxyl groups is 1. The molecule has 2 rings (SSSR count). The van der Waals surface area contributed by atoms with Crippen molar-refractivity contribution >= 4 is 12.1 Å². The molecule has 5 nitrogen and oxygen atoms in total. The van der Waals surface area contributed by atoms with Crippen molar-refractivity contribution in [3.63, 3.8) is 0 Å². The summed E-state index contributed by atoms with van der Waals surface area (Å²) in [5.41, 5.74) is 0.992. The predicted octanol–water partition coefficient (Wildman–Crippen LogP) is 0.960. The summed E-state index contributed by atoms with van der Waals surface area (Å²) in [6, 6.07) is 6.16. The number of amides is 1. The van der Waals surface area contributed by atoms with E-state index in [2.05, 4.69) is 10.1 Å². The Kier molecular flexibility index (Phi) is 2.76. The molecule has 0 radical (unpaired) electrons. The molecule has 1 aliphatic heterocycles. The molecule has 84 valence electrons. The zero-order valence-corrected chi connectivity index (χ0v) is 8.47. The summed E-state index contributed by atoms with van der Waals surface area (Å²) in [6.07, 6.45) is 0.455. The number of alkyl carbamates (subject to hydrolysis) is 1. The lowest BCUT2D eigenvalue weighted by Gasteiger charge is -2.05. The Balaban J connectivity index is 1.90. The largest absolute Gasteiger partial charge is 0.508 e. The van der Waals surface area contributed by atoms with Crippen LogP contribution in [0.4, 0.5) is 4.79 Å². The number of phenolic OH excluding ortho intramolecular Hbond substituents is 1. The van der Waals surface area contributed by atoms with Crippen LogP contribution in [0.1, 0.15) is 12.0 Å². The summed E-state index contributed by atoms with van der Waals surface area (Å²) in [5.74, 6) is -0.318. The maximum absolute atomic E-state index is 11.1. The minimum Gasteiger partial charge on any atom is -0.508 e. The fourth-order valence-electron chi connectivity index (χ4n) is 1.56. The first kappa shape index (κ1) is 10.5. The lowest BCUT2D eigenvalue weighted by atomic mass is 10.1. The molecule has 0 aliphatic carbocycles. The predicted molar refractivity (Wildman–Crippen MR) is 54.8 cm³/mol. The minimum absolute atomic E-state index is 0.206. The van der Waals surface area contributed by atoms with Gasteiger partial charge in [0.05, 0.1) is 0 Å². The summed E-state index contributed by atoms with van der Waals surface area (Å²) in [7, 11) is 0. The van der Waals surface area contributed by atoms with Gasteiger partial charge < -0.3 is 15.2 Å². The quantitative estimate of drug-likeness (QED) is 0.588. The monoisotopic (exact) mass is 221 g/mol. The van der Waals surface area contributed by atoms with Gasteiger partial charge in [0, 0.05) is 0 Å². The van der Waals surface area contributed by atoms with Crippen molar-refractivity contribution in [3.05, 3.63) is 29.8 Å². The van der Waals surface area contributed by atoms with Crippen LogP contribution in [0, 0.1) is 0 Å². The van der Waals surface area contributed by atoms with Crippen molar-refractivity contribution < 1.29 is 19.4 Å². The third-order valence-electron chi connectivity index (χ3n) is 2.43. The Morgan fingerprint density at radius 1 is 1.25 bits per heavy atom. The lowest BCUT2D eigenvalue weighted by molar-refractivity contribution is -0.135. The number of carbonyl (C=O) groups is 2. The Morgan fingerprint density at radius 3 is 2.50 bits per heavy atom. The number of aryl methyl sites for hydroxylation is 1. The van der Waals surface area contributed by atoms with E-state index in [0.717, 1.165) is 5.56 Å². The smallest absolute Gasteiger partial charge is 0.415 e. The third kappa shape index (κ3) is 2.31. The molecule has 0 spiro atoms. The Bertz CT molecular complexity index is 412. The van der Waals surface area contributed by atoms with E-state index in [1.54, 1.807) is 24.3 Å². The molecule has 1 atom stereocenters. The number of phenols is 1. The normalized spacial score (nSPS) is 19.4. The molecule has 1 amide bonds. The lowest BCUT2D eigenvalue weighted by Crippen LogP contribution is -2.29. The number of hydrogen-bond donors (Lipinski definition) is 2. The van der Waals surface area contributed by atoms with Crippen LogP contribution in [0.25, 0.3) is 0 Å². The molecular formula is C11H11NO4. The first-order valence-electron chi connectivity index (χ1n) is 4.95. The topological polar surface area (TPSA) is 75.6 Å². The summed E-state index contributed by atoms with van der Waals surface area (Å²) < 4.78 is 4.35. The molecule has 1 fully saturated rings. The van der Waals surface area contributed by atoms with E-state index in [-0.39, 0.29) is 5.75 Å². The SMILES string of the molecule is O=C1NC(CCc2ccc(O)cc2)C(=O)O1. The number of esters is 1. The van der Waals surface area contributed by atoms with Gasteiger partial charge in [-0.2, -0.15) is 0 Å². The van der Waals surface area contributed by atoms with Crippen molar-refractivity contribution in [3.8, 4) is 5.75 Å². The van der Waals surface area contributed by atoms with Crippen LogP contribution in [0.15, 0.2) is 24.3 Å². The summed E-state index contributed by atoms with van der Waals surface area (Å²) in [6.45, 7) is 0. The van der Waals surface area contributed by atoms with E-state index >= 15 is 0 Å². The van der Waals surface area contributed by atoms with E-state index in [1.165, 1.54) is 0 Å². The molecule has 1 aromatic rings. The van der Waals surface area contributed by atoms with Gasteiger partial charge >= 0.3 is 12.1 Å². The zero-order chi connectivity index (χ0) is 11.5. The van der Waals surface area contributed by atoms with Crippen LogP contribution >= 0.6 is 0 Å². The van der Waals surface area contributed by atoms with Gasteiger partial charge in [-0.3, -0.25) is 0 Å². The fourth-order valence-corrected chi connectivity index (χ4v) is 1.56. The minimum atomic E-state index is -0.680. The molecule has 1 unspecified atom stereocenters. The van der Waals surface area contributed by atoms with E-state index in [0.29, 0.717) is 12.8 Å². The maximum atomic E-state index is 11.1. The van der Waals surface area contributed by atoms with Crippen molar-refractivity contribution in [2.24, 2.45) is 0 Å². The molecule has 0 saturated carbocycles. The Hall–Kier alpha value is -2.04. The number of benzene rings is 1. The van der Waals surface area contributed by atoms with Gasteiger partial charge in [0.1, 0.15) is 11.8 Å². The molecule has 5 heteroatoms. The molecule has 16 heavy (non-hydrogen) atoms. The first-order chi connectivity index (χ1) is 7.65. The van der Waals surface area contributed by atoms with Crippen molar-refractivity contribution in [1.82, 2.24) is 5.32 Å². The van der Waals surface area contributed by atoms with Gasteiger partial charge in [0.25, 0.3) is 0 Å².